The highest BCUT2D eigenvalue weighted by atomic mass is 16.3. The number of rotatable bonds is 7. The van der Waals surface area contributed by atoms with Gasteiger partial charge in [-0.1, -0.05) is 6.92 Å². The molecular formula is C13H26N2O2. The Morgan fingerprint density at radius 1 is 1.53 bits per heavy atom. The molecule has 1 aliphatic heterocycles. The summed E-state index contributed by atoms with van der Waals surface area (Å²) in [7, 11) is 0. The van der Waals surface area contributed by atoms with E-state index in [-0.39, 0.29) is 12.5 Å². The molecule has 0 radical (unpaired) electrons. The minimum atomic E-state index is 0.236. The first-order valence-electron chi connectivity index (χ1n) is 6.76. The van der Waals surface area contributed by atoms with E-state index >= 15 is 0 Å². The summed E-state index contributed by atoms with van der Waals surface area (Å²) in [6, 6.07) is 0. The first-order chi connectivity index (χ1) is 8.17. The third-order valence-corrected chi connectivity index (χ3v) is 3.69. The summed E-state index contributed by atoms with van der Waals surface area (Å²) in [6.07, 6.45) is 4.46. The normalized spacial score (nSPS) is 21.8. The number of aliphatic hydroxyl groups is 1. The van der Waals surface area contributed by atoms with E-state index in [9.17, 15) is 4.79 Å². The molecule has 1 saturated heterocycles. The monoisotopic (exact) mass is 242 g/mol. The Morgan fingerprint density at radius 3 is 2.94 bits per heavy atom. The molecular weight excluding hydrogens is 216 g/mol. The van der Waals surface area contributed by atoms with Crippen LogP contribution in [0.2, 0.25) is 0 Å². The number of nitrogens with two attached hydrogens (primary N) is 1. The van der Waals surface area contributed by atoms with Crippen LogP contribution in [0.5, 0.6) is 0 Å². The van der Waals surface area contributed by atoms with Gasteiger partial charge in [-0.05, 0) is 44.1 Å². The fraction of sp³-hybridized carbons (Fsp3) is 0.923. The molecule has 1 amide bonds. The van der Waals surface area contributed by atoms with Crippen molar-refractivity contribution in [1.29, 1.82) is 0 Å². The Balaban J connectivity index is 2.20. The first kappa shape index (κ1) is 14.5. The second-order valence-electron chi connectivity index (χ2n) is 5.23. The second kappa shape index (κ2) is 7.67. The fourth-order valence-electron chi connectivity index (χ4n) is 2.43. The Bertz CT molecular complexity index is 233. The van der Waals surface area contributed by atoms with Crippen LogP contribution < -0.4 is 5.73 Å². The van der Waals surface area contributed by atoms with Gasteiger partial charge < -0.3 is 15.7 Å². The SMILES string of the molecule is CC(CCN)CCC(=O)N1CCC(CCO)C1. The maximum Gasteiger partial charge on any atom is 0.222 e. The quantitative estimate of drug-likeness (QED) is 0.699. The van der Waals surface area contributed by atoms with Gasteiger partial charge in [0.1, 0.15) is 0 Å². The fourth-order valence-corrected chi connectivity index (χ4v) is 2.43. The van der Waals surface area contributed by atoms with E-state index in [1.54, 1.807) is 0 Å². The van der Waals surface area contributed by atoms with Crippen LogP contribution in [0.1, 0.15) is 39.0 Å². The molecule has 0 saturated carbocycles. The van der Waals surface area contributed by atoms with Gasteiger partial charge in [0.2, 0.25) is 5.91 Å². The molecule has 0 aromatic carbocycles. The van der Waals surface area contributed by atoms with Crippen molar-refractivity contribution in [1.82, 2.24) is 4.90 Å². The van der Waals surface area contributed by atoms with E-state index in [0.29, 0.717) is 24.8 Å². The van der Waals surface area contributed by atoms with E-state index in [2.05, 4.69) is 6.92 Å². The Hall–Kier alpha value is -0.610. The molecule has 17 heavy (non-hydrogen) atoms. The Labute approximate surface area is 104 Å². The Morgan fingerprint density at radius 2 is 2.29 bits per heavy atom. The third kappa shape index (κ3) is 5.04. The Kier molecular flexibility index (Phi) is 6.52. The zero-order chi connectivity index (χ0) is 12.7. The number of hydrogen-bond acceptors (Lipinski definition) is 3. The smallest absolute Gasteiger partial charge is 0.222 e. The molecule has 0 bridgehead atoms. The highest BCUT2D eigenvalue weighted by Gasteiger charge is 2.25. The molecule has 0 aromatic rings. The maximum atomic E-state index is 11.9. The van der Waals surface area contributed by atoms with E-state index in [1.165, 1.54) is 0 Å². The molecule has 1 fully saturated rings. The van der Waals surface area contributed by atoms with Crippen LogP contribution in [0.25, 0.3) is 0 Å². The number of amides is 1. The summed E-state index contributed by atoms with van der Waals surface area (Å²) >= 11 is 0. The van der Waals surface area contributed by atoms with Gasteiger partial charge in [0, 0.05) is 26.1 Å². The predicted molar refractivity (Wildman–Crippen MR) is 68.5 cm³/mol. The summed E-state index contributed by atoms with van der Waals surface area (Å²) in [5, 5.41) is 8.87. The molecule has 1 rings (SSSR count). The van der Waals surface area contributed by atoms with Crippen LogP contribution in [0.3, 0.4) is 0 Å². The zero-order valence-electron chi connectivity index (χ0n) is 10.9. The standard InChI is InChI=1S/C13H26N2O2/c1-11(4-7-14)2-3-13(17)15-8-5-12(10-15)6-9-16/h11-12,16H,2-10,14H2,1H3. The van der Waals surface area contributed by atoms with Crippen LogP contribution >= 0.6 is 0 Å². The summed E-state index contributed by atoms with van der Waals surface area (Å²) in [4.78, 5) is 13.9. The predicted octanol–water partition coefficient (Wildman–Crippen LogP) is 0.982. The van der Waals surface area contributed by atoms with Crippen molar-refractivity contribution in [3.8, 4) is 0 Å². The lowest BCUT2D eigenvalue weighted by atomic mass is 10.0. The van der Waals surface area contributed by atoms with Crippen LogP contribution in [-0.4, -0.2) is 42.2 Å². The molecule has 2 atom stereocenters. The van der Waals surface area contributed by atoms with Gasteiger partial charge >= 0.3 is 0 Å². The molecule has 1 aliphatic rings. The number of carbonyl (C=O) groups excluding carboxylic acids is 1. The lowest BCUT2D eigenvalue weighted by Crippen LogP contribution is -2.29. The highest BCUT2D eigenvalue weighted by Crippen LogP contribution is 2.21. The largest absolute Gasteiger partial charge is 0.396 e. The van der Waals surface area contributed by atoms with Gasteiger partial charge in [0.25, 0.3) is 0 Å². The number of hydrogen-bond donors (Lipinski definition) is 2. The lowest BCUT2D eigenvalue weighted by Gasteiger charge is -2.17. The zero-order valence-corrected chi connectivity index (χ0v) is 10.9. The average Bonchev–Trinajstić information content (AvgIpc) is 2.75. The number of carbonyl (C=O) groups is 1. The number of likely N-dealkylation sites (tertiary alicyclic amines) is 1. The van der Waals surface area contributed by atoms with Crippen LogP contribution in [0, 0.1) is 11.8 Å². The van der Waals surface area contributed by atoms with E-state index in [4.69, 9.17) is 10.8 Å². The van der Waals surface area contributed by atoms with Crippen molar-refractivity contribution >= 4 is 5.91 Å². The highest BCUT2D eigenvalue weighted by molar-refractivity contribution is 5.76. The average molecular weight is 242 g/mol. The van der Waals surface area contributed by atoms with E-state index < -0.39 is 0 Å². The van der Waals surface area contributed by atoms with Crippen molar-refractivity contribution in [2.45, 2.75) is 39.0 Å². The van der Waals surface area contributed by atoms with Crippen molar-refractivity contribution < 1.29 is 9.90 Å². The van der Waals surface area contributed by atoms with Gasteiger partial charge in [-0.2, -0.15) is 0 Å². The molecule has 2 unspecified atom stereocenters. The summed E-state index contributed by atoms with van der Waals surface area (Å²) in [6.45, 7) is 4.80. The van der Waals surface area contributed by atoms with Crippen LogP contribution in [-0.2, 0) is 4.79 Å². The van der Waals surface area contributed by atoms with Crippen molar-refractivity contribution in [3.05, 3.63) is 0 Å². The van der Waals surface area contributed by atoms with Gasteiger partial charge in [-0.15, -0.1) is 0 Å². The molecule has 4 nitrogen and oxygen atoms in total. The molecule has 0 aliphatic carbocycles. The van der Waals surface area contributed by atoms with Gasteiger partial charge in [0.15, 0.2) is 0 Å². The third-order valence-electron chi connectivity index (χ3n) is 3.69. The van der Waals surface area contributed by atoms with Gasteiger partial charge in [-0.25, -0.2) is 0 Å². The molecule has 0 spiro atoms. The molecule has 1 heterocycles. The first-order valence-corrected chi connectivity index (χ1v) is 6.76. The van der Waals surface area contributed by atoms with Crippen molar-refractivity contribution in [2.24, 2.45) is 17.6 Å². The van der Waals surface area contributed by atoms with Crippen molar-refractivity contribution in [2.75, 3.05) is 26.2 Å². The molecule has 4 heteroatoms. The van der Waals surface area contributed by atoms with E-state index in [1.807, 2.05) is 4.90 Å². The summed E-state index contributed by atoms with van der Waals surface area (Å²) in [5.41, 5.74) is 5.49. The lowest BCUT2D eigenvalue weighted by molar-refractivity contribution is -0.130. The molecule has 3 N–H and O–H groups in total. The molecule has 0 aromatic heterocycles. The van der Waals surface area contributed by atoms with Gasteiger partial charge in [0.05, 0.1) is 0 Å². The summed E-state index contributed by atoms with van der Waals surface area (Å²) in [5.74, 6) is 1.32. The van der Waals surface area contributed by atoms with Crippen LogP contribution in [0.4, 0.5) is 0 Å². The molecule has 100 valence electrons. The minimum Gasteiger partial charge on any atom is -0.396 e. The van der Waals surface area contributed by atoms with Gasteiger partial charge in [-0.3, -0.25) is 4.79 Å². The van der Waals surface area contributed by atoms with E-state index in [0.717, 1.165) is 38.8 Å². The van der Waals surface area contributed by atoms with Crippen molar-refractivity contribution in [3.63, 3.8) is 0 Å². The maximum absolute atomic E-state index is 11.9. The minimum absolute atomic E-state index is 0.236. The second-order valence-corrected chi connectivity index (χ2v) is 5.23. The number of nitrogens with zero attached hydrogens (tertiary/aromatic N) is 1. The topological polar surface area (TPSA) is 66.6 Å². The number of aliphatic hydroxyl groups excluding tert-OH is 1. The van der Waals surface area contributed by atoms with Crippen LogP contribution in [0.15, 0.2) is 0 Å². The summed E-state index contributed by atoms with van der Waals surface area (Å²) < 4.78 is 0.